The van der Waals surface area contributed by atoms with Crippen molar-refractivity contribution in [1.82, 2.24) is 15.1 Å². The molecule has 1 aromatic heterocycles. The van der Waals surface area contributed by atoms with Gasteiger partial charge >= 0.3 is 0 Å². The van der Waals surface area contributed by atoms with Gasteiger partial charge in [-0.1, -0.05) is 23.5 Å². The molecule has 0 radical (unpaired) electrons. The second-order valence-corrected chi connectivity index (χ2v) is 7.18. The third kappa shape index (κ3) is 3.13. The summed E-state index contributed by atoms with van der Waals surface area (Å²) in [7, 11) is 1.71. The summed E-state index contributed by atoms with van der Waals surface area (Å²) >= 11 is 2.74. The molecule has 23 heavy (non-hydrogen) atoms. The molecule has 0 atom stereocenters. The van der Waals surface area contributed by atoms with Gasteiger partial charge < -0.3 is 5.73 Å². The van der Waals surface area contributed by atoms with Crippen LogP contribution in [0.2, 0.25) is 0 Å². The van der Waals surface area contributed by atoms with Crippen LogP contribution >= 0.6 is 23.1 Å². The fraction of sp³-hybridized carbons (Fsp3) is 0.200. The number of amidine groups is 1. The van der Waals surface area contributed by atoms with E-state index in [1.54, 1.807) is 7.05 Å². The first-order valence-corrected chi connectivity index (χ1v) is 8.50. The van der Waals surface area contributed by atoms with E-state index in [9.17, 15) is 4.79 Å². The van der Waals surface area contributed by atoms with Gasteiger partial charge in [-0.15, -0.1) is 10.2 Å². The zero-order valence-corrected chi connectivity index (χ0v) is 14.5. The molecule has 0 saturated carbocycles. The van der Waals surface area contributed by atoms with Crippen molar-refractivity contribution in [2.75, 3.05) is 12.8 Å². The zero-order chi connectivity index (χ0) is 16.6. The van der Waals surface area contributed by atoms with Gasteiger partial charge in [0.25, 0.3) is 5.91 Å². The van der Waals surface area contributed by atoms with Gasteiger partial charge in [0.05, 0.1) is 4.91 Å². The molecule has 6 nitrogen and oxygen atoms in total. The molecule has 0 bridgehead atoms. The van der Waals surface area contributed by atoms with E-state index in [4.69, 9.17) is 5.73 Å². The van der Waals surface area contributed by atoms with E-state index in [2.05, 4.69) is 15.2 Å². The monoisotopic (exact) mass is 345 g/mol. The molecule has 8 heteroatoms. The molecule has 1 aliphatic rings. The van der Waals surface area contributed by atoms with Gasteiger partial charge in [0, 0.05) is 12.7 Å². The van der Waals surface area contributed by atoms with Crippen molar-refractivity contribution >= 4 is 50.6 Å². The highest BCUT2D eigenvalue weighted by Crippen LogP contribution is 2.37. The summed E-state index contributed by atoms with van der Waals surface area (Å²) < 4.78 is 0. The number of hydrogen-bond donors (Lipinski definition) is 1. The van der Waals surface area contributed by atoms with Crippen LogP contribution in [-0.4, -0.2) is 33.2 Å². The number of nitrogen functional groups attached to an aromatic ring is 1. The Bertz CT molecular complexity index is 840. The van der Waals surface area contributed by atoms with Crippen molar-refractivity contribution in [2.45, 2.75) is 13.8 Å². The fourth-order valence-corrected chi connectivity index (χ4v) is 3.74. The number of nitrogens with zero attached hydrogens (tertiary/aromatic N) is 4. The maximum absolute atomic E-state index is 12.5. The second kappa shape index (κ2) is 6.13. The number of benzene rings is 1. The molecule has 2 N–H and O–H groups in total. The lowest BCUT2D eigenvalue weighted by molar-refractivity contribution is -0.121. The number of aromatic nitrogens is 2. The number of carbonyl (C=O) groups excluding carboxylic acids is 1. The summed E-state index contributed by atoms with van der Waals surface area (Å²) in [5.41, 5.74) is 8.32. The maximum atomic E-state index is 12.5. The number of thioether (sulfide) groups is 1. The Hall–Kier alpha value is -2.19. The molecule has 0 aliphatic carbocycles. The topological polar surface area (TPSA) is 84.5 Å². The number of likely N-dealkylation sites (N-methyl/N-ethyl adjacent to an activating group) is 1. The lowest BCUT2D eigenvalue weighted by Crippen LogP contribution is -2.23. The second-order valence-electron chi connectivity index (χ2n) is 5.04. The summed E-state index contributed by atoms with van der Waals surface area (Å²) in [6.45, 7) is 3.79. The highest BCUT2D eigenvalue weighted by molar-refractivity contribution is 8.18. The average Bonchev–Trinajstić information content (AvgIpc) is 3.05. The molecule has 1 saturated heterocycles. The first kappa shape index (κ1) is 15.7. The first-order chi connectivity index (χ1) is 11.0. The minimum Gasteiger partial charge on any atom is -0.399 e. The molecule has 0 unspecified atom stereocenters. The Morgan fingerprint density at radius 2 is 2.13 bits per heavy atom. The molecule has 118 valence electrons. The predicted molar refractivity (Wildman–Crippen MR) is 95.6 cm³/mol. The van der Waals surface area contributed by atoms with Crippen LogP contribution < -0.4 is 5.73 Å². The Kier molecular flexibility index (Phi) is 4.18. The third-order valence-electron chi connectivity index (χ3n) is 3.35. The van der Waals surface area contributed by atoms with Crippen molar-refractivity contribution < 1.29 is 4.79 Å². The van der Waals surface area contributed by atoms with Gasteiger partial charge in [0.1, 0.15) is 5.01 Å². The van der Waals surface area contributed by atoms with Crippen LogP contribution in [-0.2, 0) is 4.79 Å². The summed E-state index contributed by atoms with van der Waals surface area (Å²) in [6.07, 6.45) is 0. The summed E-state index contributed by atoms with van der Waals surface area (Å²) in [6, 6.07) is 7.50. The van der Waals surface area contributed by atoms with E-state index < -0.39 is 0 Å². The number of allylic oxidation sites excluding steroid dienone is 1. The van der Waals surface area contributed by atoms with Crippen molar-refractivity contribution in [3.8, 4) is 0 Å². The smallest absolute Gasteiger partial charge is 0.266 e. The number of nitrogens with two attached hydrogens (primary N) is 1. The fourth-order valence-electron chi connectivity index (χ4n) is 2.09. The number of amides is 1. The summed E-state index contributed by atoms with van der Waals surface area (Å²) in [5, 5.41) is 9.90. The molecule has 2 aromatic rings. The van der Waals surface area contributed by atoms with E-state index in [-0.39, 0.29) is 5.91 Å². The van der Waals surface area contributed by atoms with Crippen LogP contribution in [0.4, 0.5) is 10.8 Å². The van der Waals surface area contributed by atoms with Gasteiger partial charge in [-0.25, -0.2) is 0 Å². The normalized spacial score (nSPS) is 18.8. The first-order valence-electron chi connectivity index (χ1n) is 6.87. The van der Waals surface area contributed by atoms with Crippen molar-refractivity contribution in [1.29, 1.82) is 0 Å². The van der Waals surface area contributed by atoms with E-state index in [1.807, 2.05) is 38.1 Å². The maximum Gasteiger partial charge on any atom is 0.266 e. The SMILES string of the molecule is C/C(=C1/S/C(=N/c2nnc(C)s2)N(C)C1=O)c1cccc(N)c1. The Morgan fingerprint density at radius 3 is 2.78 bits per heavy atom. The minimum atomic E-state index is -0.0742. The van der Waals surface area contributed by atoms with Crippen LogP contribution in [0.25, 0.3) is 5.57 Å². The number of hydrogen-bond acceptors (Lipinski definition) is 7. The van der Waals surface area contributed by atoms with Gasteiger partial charge in [-0.05, 0) is 48.9 Å². The van der Waals surface area contributed by atoms with Crippen LogP contribution in [0.3, 0.4) is 0 Å². The number of anilines is 1. The molecule has 3 rings (SSSR count). The highest BCUT2D eigenvalue weighted by atomic mass is 32.2. The minimum absolute atomic E-state index is 0.0742. The number of aliphatic imine (C=N–C) groups is 1. The van der Waals surface area contributed by atoms with Crippen LogP contribution in [0.15, 0.2) is 34.2 Å². The average molecular weight is 345 g/mol. The molecular formula is C15H15N5OS2. The number of carbonyl (C=O) groups is 1. The number of rotatable bonds is 2. The van der Waals surface area contributed by atoms with Crippen LogP contribution in [0.5, 0.6) is 0 Å². The van der Waals surface area contributed by atoms with Crippen molar-refractivity contribution in [3.63, 3.8) is 0 Å². The Balaban J connectivity index is 1.97. The quantitative estimate of drug-likeness (QED) is 0.668. The largest absolute Gasteiger partial charge is 0.399 e. The van der Waals surface area contributed by atoms with Gasteiger partial charge in [-0.3, -0.25) is 9.69 Å². The Morgan fingerprint density at radius 1 is 1.35 bits per heavy atom. The van der Waals surface area contributed by atoms with Crippen molar-refractivity contribution in [2.24, 2.45) is 4.99 Å². The predicted octanol–water partition coefficient (Wildman–Crippen LogP) is 3.05. The van der Waals surface area contributed by atoms with E-state index >= 15 is 0 Å². The van der Waals surface area contributed by atoms with E-state index in [0.717, 1.165) is 16.1 Å². The Labute approximate surface area is 142 Å². The third-order valence-corrected chi connectivity index (χ3v) is 5.31. The highest BCUT2D eigenvalue weighted by Gasteiger charge is 2.32. The molecule has 1 fully saturated rings. The zero-order valence-electron chi connectivity index (χ0n) is 12.9. The van der Waals surface area contributed by atoms with Gasteiger partial charge in [-0.2, -0.15) is 4.99 Å². The molecule has 1 aliphatic heterocycles. The van der Waals surface area contributed by atoms with Gasteiger partial charge in [0.15, 0.2) is 5.17 Å². The summed E-state index contributed by atoms with van der Waals surface area (Å²) in [5.74, 6) is -0.0742. The molecule has 0 spiro atoms. The van der Waals surface area contributed by atoms with E-state index in [0.29, 0.717) is 20.9 Å². The summed E-state index contributed by atoms with van der Waals surface area (Å²) in [4.78, 5) is 19.1. The molecule has 1 amide bonds. The lowest BCUT2D eigenvalue weighted by atomic mass is 10.1. The number of aryl methyl sites for hydroxylation is 1. The molecule has 1 aromatic carbocycles. The van der Waals surface area contributed by atoms with Crippen LogP contribution in [0, 0.1) is 6.92 Å². The standard InChI is InChI=1S/C15H15N5OS2/c1-8(10-5-4-6-11(16)7-10)12-13(21)20(3)15(23-12)17-14-19-18-9(2)22-14/h4-7H,16H2,1-3H3/b12-8-,17-15+. The molecular weight excluding hydrogens is 330 g/mol. The van der Waals surface area contributed by atoms with Gasteiger partial charge in [0.2, 0.25) is 5.13 Å². The molecule has 2 heterocycles. The van der Waals surface area contributed by atoms with Crippen LogP contribution in [0.1, 0.15) is 17.5 Å². The van der Waals surface area contributed by atoms with Crippen molar-refractivity contribution in [3.05, 3.63) is 39.7 Å². The lowest BCUT2D eigenvalue weighted by Gasteiger charge is -2.07. The van der Waals surface area contributed by atoms with E-state index in [1.165, 1.54) is 28.0 Å².